The first-order valence-electron chi connectivity index (χ1n) is 11.9. The molecule has 1 atom stereocenters. The largest absolute Gasteiger partial charge is 0.573 e. The number of nitrogens with one attached hydrogen (secondary N) is 1. The van der Waals surface area contributed by atoms with E-state index in [1.807, 2.05) is 0 Å². The first kappa shape index (κ1) is 26.3. The number of halogens is 7. The number of carbonyl (C=O) groups is 1. The molecule has 1 aliphatic heterocycles. The highest BCUT2D eigenvalue weighted by molar-refractivity contribution is 5.94. The minimum absolute atomic E-state index is 0.0580. The molecule has 6 nitrogen and oxygen atoms in total. The molecule has 0 spiro atoms. The molecule has 0 radical (unpaired) electrons. The molecule has 2 aliphatic rings. The van der Waals surface area contributed by atoms with Crippen LogP contribution in [0.1, 0.15) is 52.4 Å². The van der Waals surface area contributed by atoms with Crippen molar-refractivity contribution >= 4 is 16.9 Å². The van der Waals surface area contributed by atoms with Gasteiger partial charge in [-0.2, -0.15) is 13.2 Å². The molecule has 0 unspecified atom stereocenters. The van der Waals surface area contributed by atoms with Crippen LogP contribution in [-0.4, -0.2) is 51.9 Å². The number of benzene rings is 1. The van der Waals surface area contributed by atoms with Crippen LogP contribution in [0.3, 0.4) is 0 Å². The summed E-state index contributed by atoms with van der Waals surface area (Å²) in [4.78, 5) is 21.5. The Morgan fingerprint density at radius 3 is 2.37 bits per heavy atom. The Morgan fingerprint density at radius 1 is 1.11 bits per heavy atom. The summed E-state index contributed by atoms with van der Waals surface area (Å²) in [5.41, 5.74) is 4.96. The Kier molecular flexibility index (Phi) is 6.32. The summed E-state index contributed by atoms with van der Waals surface area (Å²) in [7, 11) is 0. The Labute approximate surface area is 212 Å². The molecule has 2 aromatic heterocycles. The summed E-state index contributed by atoms with van der Waals surface area (Å²) < 4.78 is 97.2. The van der Waals surface area contributed by atoms with Crippen LogP contribution in [0.4, 0.5) is 30.7 Å². The average Bonchev–Trinajstić information content (AvgIpc) is 3.20. The van der Waals surface area contributed by atoms with Crippen LogP contribution >= 0.6 is 0 Å². The van der Waals surface area contributed by atoms with Crippen LogP contribution in [0, 0.1) is 5.82 Å². The number of rotatable bonds is 3. The van der Waals surface area contributed by atoms with Crippen LogP contribution < -0.4 is 10.5 Å². The van der Waals surface area contributed by atoms with Crippen molar-refractivity contribution in [3.8, 4) is 5.75 Å². The molecule has 3 heterocycles. The maximum Gasteiger partial charge on any atom is 0.573 e. The second-order valence-corrected chi connectivity index (χ2v) is 9.79. The number of aromatic nitrogens is 2. The lowest BCUT2D eigenvalue weighted by Crippen LogP contribution is -2.56. The van der Waals surface area contributed by atoms with E-state index in [1.165, 1.54) is 17.0 Å². The Balaban J connectivity index is 1.36. The number of alkyl halides is 6. The van der Waals surface area contributed by atoms with Crippen molar-refractivity contribution in [2.24, 2.45) is 5.73 Å². The van der Waals surface area contributed by atoms with E-state index in [1.54, 1.807) is 0 Å². The molecule has 5 rings (SSSR count). The normalized spacial score (nSPS) is 21.0. The summed E-state index contributed by atoms with van der Waals surface area (Å²) in [5, 5.41) is 0.323. The number of pyridine rings is 1. The summed E-state index contributed by atoms with van der Waals surface area (Å²) in [6.07, 6.45) is -8.48. The van der Waals surface area contributed by atoms with Crippen molar-refractivity contribution < 1.29 is 40.3 Å². The van der Waals surface area contributed by atoms with Gasteiger partial charge in [0.25, 0.3) is 5.91 Å². The number of hydrogen-bond acceptors (Lipinski definition) is 4. The third-order valence-electron chi connectivity index (χ3n) is 7.41. The predicted molar refractivity (Wildman–Crippen MR) is 122 cm³/mol. The van der Waals surface area contributed by atoms with Crippen molar-refractivity contribution in [3.63, 3.8) is 0 Å². The first-order chi connectivity index (χ1) is 17.8. The summed E-state index contributed by atoms with van der Waals surface area (Å²) >= 11 is 0. The minimum atomic E-state index is -4.85. The molecule has 1 aromatic carbocycles. The van der Waals surface area contributed by atoms with E-state index < -0.39 is 42.0 Å². The summed E-state index contributed by atoms with van der Waals surface area (Å²) in [6.45, 7) is 0.451. The fourth-order valence-corrected chi connectivity index (χ4v) is 5.43. The third-order valence-corrected chi connectivity index (χ3v) is 7.41. The van der Waals surface area contributed by atoms with E-state index in [2.05, 4.69) is 14.7 Å². The van der Waals surface area contributed by atoms with Crippen LogP contribution in [0.15, 0.2) is 30.5 Å². The van der Waals surface area contributed by atoms with Gasteiger partial charge in [-0.3, -0.25) is 4.79 Å². The van der Waals surface area contributed by atoms with Crippen molar-refractivity contribution in [1.29, 1.82) is 0 Å². The molecule has 1 fully saturated rings. The summed E-state index contributed by atoms with van der Waals surface area (Å²) in [5.74, 6) is -1.87. The van der Waals surface area contributed by atoms with Gasteiger partial charge in [0.05, 0.1) is 6.20 Å². The highest BCUT2D eigenvalue weighted by Crippen LogP contribution is 2.44. The summed E-state index contributed by atoms with van der Waals surface area (Å²) in [6, 6.07) is 4.55. The second kappa shape index (κ2) is 9.14. The number of carbonyl (C=O) groups excluding carboxylic acids is 1. The van der Waals surface area contributed by atoms with E-state index in [4.69, 9.17) is 5.73 Å². The molecule has 3 N–H and O–H groups in total. The average molecular weight is 544 g/mol. The molecule has 13 heteroatoms. The predicted octanol–water partition coefficient (Wildman–Crippen LogP) is 5.37. The Bertz CT molecular complexity index is 1360. The number of nitrogens with two attached hydrogens (primary N) is 1. The Hall–Kier alpha value is -3.35. The van der Waals surface area contributed by atoms with E-state index >= 15 is 4.39 Å². The number of likely N-dealkylation sites (tertiary alicyclic amines) is 1. The zero-order valence-electron chi connectivity index (χ0n) is 19.8. The van der Waals surface area contributed by atoms with Gasteiger partial charge < -0.3 is 20.4 Å². The monoisotopic (exact) mass is 544 g/mol. The molecule has 204 valence electrons. The van der Waals surface area contributed by atoms with Gasteiger partial charge >= 0.3 is 12.5 Å². The fraction of sp³-hybridized carbons (Fsp3) is 0.440. The molecular formula is C25H23F7N4O2. The second-order valence-electron chi connectivity index (χ2n) is 9.79. The quantitative estimate of drug-likeness (QED) is 0.435. The number of piperidine rings is 1. The SMILES string of the molecule is N[C@]1(C(F)(F)F)CCc2[nH]c3ncc(F)c(C4CCN(C(=O)c5ccc(OC(F)(F)F)cc5)CC4)c3c2C1. The number of aryl methyl sites for hydroxylation is 1. The molecule has 0 saturated carbocycles. The van der Waals surface area contributed by atoms with Gasteiger partial charge in [-0.05, 0) is 61.4 Å². The van der Waals surface area contributed by atoms with Crippen LogP contribution in [-0.2, 0) is 12.8 Å². The van der Waals surface area contributed by atoms with Crippen LogP contribution in [0.5, 0.6) is 5.75 Å². The third kappa shape index (κ3) is 4.79. The molecule has 38 heavy (non-hydrogen) atoms. The van der Waals surface area contributed by atoms with Crippen molar-refractivity contribution in [3.05, 3.63) is 58.7 Å². The fourth-order valence-electron chi connectivity index (χ4n) is 5.43. The lowest BCUT2D eigenvalue weighted by molar-refractivity contribution is -0.274. The van der Waals surface area contributed by atoms with Crippen molar-refractivity contribution in [2.75, 3.05) is 13.1 Å². The number of ether oxygens (including phenoxy) is 1. The van der Waals surface area contributed by atoms with Crippen LogP contribution in [0.25, 0.3) is 11.0 Å². The lowest BCUT2D eigenvalue weighted by atomic mass is 9.78. The number of aromatic amines is 1. The Morgan fingerprint density at radius 2 is 1.76 bits per heavy atom. The van der Waals surface area contributed by atoms with E-state index in [0.29, 0.717) is 35.1 Å². The number of nitrogens with zero attached hydrogens (tertiary/aromatic N) is 2. The maximum absolute atomic E-state index is 15.2. The smallest absolute Gasteiger partial charge is 0.406 e. The maximum atomic E-state index is 15.2. The van der Waals surface area contributed by atoms with Gasteiger partial charge in [0.15, 0.2) is 0 Å². The molecule has 1 saturated heterocycles. The minimum Gasteiger partial charge on any atom is -0.406 e. The van der Waals surface area contributed by atoms with E-state index in [0.717, 1.165) is 18.3 Å². The zero-order chi connectivity index (χ0) is 27.5. The van der Waals surface area contributed by atoms with Crippen molar-refractivity contribution in [2.45, 2.75) is 56.1 Å². The van der Waals surface area contributed by atoms with Gasteiger partial charge in [-0.1, -0.05) is 0 Å². The molecule has 1 amide bonds. The highest BCUT2D eigenvalue weighted by atomic mass is 19.4. The van der Waals surface area contributed by atoms with Gasteiger partial charge in [-0.25, -0.2) is 9.37 Å². The van der Waals surface area contributed by atoms with Gasteiger partial charge in [0.2, 0.25) is 0 Å². The highest BCUT2D eigenvalue weighted by Gasteiger charge is 2.53. The number of H-pyrrole nitrogens is 1. The molecule has 0 bridgehead atoms. The number of hydrogen-bond donors (Lipinski definition) is 2. The van der Waals surface area contributed by atoms with Gasteiger partial charge in [0, 0.05) is 41.7 Å². The standard InChI is InChI=1S/C25H23F7N4O2/c26-17-12-34-21-20(16-11-23(33,24(27,28)29)8-5-18(16)35-21)19(17)13-6-9-36(10-7-13)22(37)14-1-3-15(4-2-14)38-25(30,31)32/h1-4,12-13H,5-11,33H2,(H,34,35)/t23-/m1/s1. The number of amides is 1. The van der Waals surface area contributed by atoms with E-state index in [-0.39, 0.29) is 43.0 Å². The lowest BCUT2D eigenvalue weighted by Gasteiger charge is -2.36. The van der Waals surface area contributed by atoms with Gasteiger partial charge in [0.1, 0.15) is 22.8 Å². The molecule has 3 aromatic rings. The van der Waals surface area contributed by atoms with E-state index in [9.17, 15) is 31.1 Å². The topological polar surface area (TPSA) is 84.2 Å². The molecular weight excluding hydrogens is 521 g/mol. The molecule has 1 aliphatic carbocycles. The first-order valence-corrected chi connectivity index (χ1v) is 11.9. The van der Waals surface area contributed by atoms with Gasteiger partial charge in [-0.15, -0.1) is 13.2 Å². The number of fused-ring (bicyclic) bond motifs is 3. The van der Waals surface area contributed by atoms with Crippen molar-refractivity contribution in [1.82, 2.24) is 14.9 Å². The zero-order valence-corrected chi connectivity index (χ0v) is 19.8. The van der Waals surface area contributed by atoms with Crippen LogP contribution in [0.2, 0.25) is 0 Å².